The van der Waals surface area contributed by atoms with Crippen molar-refractivity contribution in [2.75, 3.05) is 0 Å². The second-order valence-corrected chi connectivity index (χ2v) is 11.1. The highest BCUT2D eigenvalue weighted by molar-refractivity contribution is 5.97. The molecule has 1 N–H and O–H groups in total. The van der Waals surface area contributed by atoms with E-state index in [2.05, 4.69) is 96.5 Å². The molecule has 39 heavy (non-hydrogen) atoms. The Morgan fingerprint density at radius 1 is 0.872 bits per heavy atom. The molecule has 1 heterocycles. The van der Waals surface area contributed by atoms with Crippen LogP contribution < -0.4 is 5.32 Å². The van der Waals surface area contributed by atoms with E-state index in [0.717, 1.165) is 29.7 Å². The van der Waals surface area contributed by atoms with Crippen molar-refractivity contribution < 1.29 is 4.79 Å². The van der Waals surface area contributed by atoms with Crippen LogP contribution in [0.3, 0.4) is 0 Å². The van der Waals surface area contributed by atoms with Gasteiger partial charge in [-0.1, -0.05) is 92.7 Å². The molecule has 1 amide bonds. The van der Waals surface area contributed by atoms with Crippen molar-refractivity contribution in [2.45, 2.75) is 52.1 Å². The molecule has 4 heteroatoms. The van der Waals surface area contributed by atoms with Crippen molar-refractivity contribution in [3.05, 3.63) is 125 Å². The van der Waals surface area contributed by atoms with Gasteiger partial charge < -0.3 is 9.88 Å². The number of carbonyl (C=O) groups excluding carboxylic acids is 1. The van der Waals surface area contributed by atoms with E-state index in [-0.39, 0.29) is 11.9 Å². The molecule has 0 unspecified atom stereocenters. The maximum absolute atomic E-state index is 13.5. The van der Waals surface area contributed by atoms with Gasteiger partial charge in [-0.2, -0.15) is 0 Å². The fourth-order valence-corrected chi connectivity index (χ4v) is 5.44. The Labute approximate surface area is 230 Å². The highest BCUT2D eigenvalue weighted by Crippen LogP contribution is 2.41. The second-order valence-electron chi connectivity index (χ2n) is 11.1. The van der Waals surface area contributed by atoms with Gasteiger partial charge in [-0.05, 0) is 77.6 Å². The van der Waals surface area contributed by atoms with Crippen molar-refractivity contribution in [3.8, 4) is 11.1 Å². The van der Waals surface area contributed by atoms with E-state index in [4.69, 9.17) is 4.98 Å². The summed E-state index contributed by atoms with van der Waals surface area (Å²) in [5.41, 5.74) is 8.70. The average molecular weight is 514 g/mol. The van der Waals surface area contributed by atoms with Crippen LogP contribution in [-0.4, -0.2) is 15.5 Å². The van der Waals surface area contributed by atoms with E-state index >= 15 is 0 Å². The maximum Gasteiger partial charge on any atom is 0.251 e. The molecular formula is C35H35N3O. The largest absolute Gasteiger partial charge is 0.345 e. The lowest BCUT2D eigenvalue weighted by Gasteiger charge is -2.20. The standard InChI is InChI=1S/C35H35N3O/c1-23(2)29-10-7-11-30(20-29)34(28-16-17-28)37-35(39)31-18-19-32-33(21-31)38(24(3)36-32)22-25-12-14-27(15-13-25)26-8-5-4-6-9-26/h4-15,18-21,23,28,34H,16-17,22H2,1-3H3,(H,37,39)/t34-/m0/s1. The molecule has 0 spiro atoms. The van der Waals surface area contributed by atoms with Crippen LogP contribution in [0.25, 0.3) is 22.2 Å². The number of carbonyl (C=O) groups is 1. The molecular weight excluding hydrogens is 478 g/mol. The average Bonchev–Trinajstić information content (AvgIpc) is 3.76. The normalized spacial score (nSPS) is 14.1. The first-order chi connectivity index (χ1) is 19.0. The lowest BCUT2D eigenvalue weighted by Crippen LogP contribution is -2.30. The van der Waals surface area contributed by atoms with Gasteiger partial charge in [0.2, 0.25) is 0 Å². The minimum Gasteiger partial charge on any atom is -0.345 e. The number of nitrogens with one attached hydrogen (secondary N) is 1. The summed E-state index contributed by atoms with van der Waals surface area (Å²) in [6.45, 7) is 7.15. The Hall–Kier alpha value is -4.18. The summed E-state index contributed by atoms with van der Waals surface area (Å²) in [6.07, 6.45) is 2.32. The number of amides is 1. The van der Waals surface area contributed by atoms with Crippen LogP contribution in [0.5, 0.6) is 0 Å². The first-order valence-electron chi connectivity index (χ1n) is 14.0. The monoisotopic (exact) mass is 513 g/mol. The lowest BCUT2D eigenvalue weighted by atomic mass is 9.95. The minimum atomic E-state index is -0.0265. The van der Waals surface area contributed by atoms with Gasteiger partial charge in [0.15, 0.2) is 0 Å². The number of nitrogens with zero attached hydrogens (tertiary/aromatic N) is 2. The molecule has 1 atom stereocenters. The number of fused-ring (bicyclic) bond motifs is 1. The molecule has 1 aromatic heterocycles. The van der Waals surface area contributed by atoms with Crippen LogP contribution >= 0.6 is 0 Å². The minimum absolute atomic E-state index is 0.0265. The predicted molar refractivity (Wildman–Crippen MR) is 159 cm³/mol. The Bertz CT molecular complexity index is 1610. The molecule has 1 aliphatic rings. The number of hydrogen-bond acceptors (Lipinski definition) is 2. The molecule has 0 radical (unpaired) electrons. The predicted octanol–water partition coefficient (Wildman–Crippen LogP) is 8.06. The second kappa shape index (κ2) is 10.5. The van der Waals surface area contributed by atoms with Gasteiger partial charge in [0.1, 0.15) is 5.82 Å². The molecule has 5 aromatic rings. The summed E-state index contributed by atoms with van der Waals surface area (Å²) in [7, 11) is 0. The number of aryl methyl sites for hydroxylation is 1. The van der Waals surface area contributed by atoms with Crippen LogP contribution in [0.15, 0.2) is 97.1 Å². The van der Waals surface area contributed by atoms with Crippen molar-refractivity contribution in [2.24, 2.45) is 5.92 Å². The Kier molecular flexibility index (Phi) is 6.78. The van der Waals surface area contributed by atoms with Crippen molar-refractivity contribution in [1.82, 2.24) is 14.9 Å². The van der Waals surface area contributed by atoms with Crippen molar-refractivity contribution in [1.29, 1.82) is 0 Å². The molecule has 0 saturated heterocycles. The van der Waals surface area contributed by atoms with Gasteiger partial charge in [-0.3, -0.25) is 4.79 Å². The zero-order valence-corrected chi connectivity index (χ0v) is 22.9. The number of benzene rings is 4. The number of hydrogen-bond donors (Lipinski definition) is 1. The van der Waals surface area contributed by atoms with Gasteiger partial charge >= 0.3 is 0 Å². The Morgan fingerprint density at radius 2 is 1.59 bits per heavy atom. The smallest absolute Gasteiger partial charge is 0.251 e. The summed E-state index contributed by atoms with van der Waals surface area (Å²) >= 11 is 0. The van der Waals surface area contributed by atoms with Gasteiger partial charge in [0.25, 0.3) is 5.91 Å². The molecule has 4 nitrogen and oxygen atoms in total. The quantitative estimate of drug-likeness (QED) is 0.228. The lowest BCUT2D eigenvalue weighted by molar-refractivity contribution is 0.0931. The molecule has 1 fully saturated rings. The van der Waals surface area contributed by atoms with Crippen molar-refractivity contribution >= 4 is 16.9 Å². The number of rotatable bonds is 8. The summed E-state index contributed by atoms with van der Waals surface area (Å²) < 4.78 is 2.20. The van der Waals surface area contributed by atoms with Crippen LogP contribution in [-0.2, 0) is 6.54 Å². The summed E-state index contributed by atoms with van der Waals surface area (Å²) in [6, 6.07) is 33.7. The summed E-state index contributed by atoms with van der Waals surface area (Å²) in [5.74, 6) is 1.88. The van der Waals surface area contributed by atoms with Crippen LogP contribution in [0.2, 0.25) is 0 Å². The zero-order chi connectivity index (χ0) is 26.9. The number of imidazole rings is 1. The molecule has 4 aromatic carbocycles. The molecule has 6 rings (SSSR count). The van der Waals surface area contributed by atoms with Gasteiger partial charge in [0.05, 0.1) is 17.1 Å². The third-order valence-electron chi connectivity index (χ3n) is 7.92. The molecule has 1 saturated carbocycles. The summed E-state index contributed by atoms with van der Waals surface area (Å²) in [4.78, 5) is 18.3. The Morgan fingerprint density at radius 3 is 2.31 bits per heavy atom. The third kappa shape index (κ3) is 5.37. The molecule has 0 aliphatic heterocycles. The maximum atomic E-state index is 13.5. The van der Waals surface area contributed by atoms with Crippen molar-refractivity contribution in [3.63, 3.8) is 0 Å². The molecule has 0 bridgehead atoms. The fraction of sp³-hybridized carbons (Fsp3) is 0.257. The highest BCUT2D eigenvalue weighted by Gasteiger charge is 2.34. The SMILES string of the molecule is Cc1nc2ccc(C(=O)N[C@H](c3cccc(C(C)C)c3)C3CC3)cc2n1Cc1ccc(-c2ccccc2)cc1. The first kappa shape index (κ1) is 25.1. The third-order valence-corrected chi connectivity index (χ3v) is 7.92. The number of aromatic nitrogens is 2. The van der Waals surface area contributed by atoms with E-state index in [1.165, 1.54) is 27.8 Å². The first-order valence-corrected chi connectivity index (χ1v) is 14.0. The highest BCUT2D eigenvalue weighted by atomic mass is 16.1. The topological polar surface area (TPSA) is 46.9 Å². The van der Waals surface area contributed by atoms with Gasteiger partial charge in [-0.25, -0.2) is 4.98 Å². The van der Waals surface area contributed by atoms with Gasteiger partial charge in [-0.15, -0.1) is 0 Å². The zero-order valence-electron chi connectivity index (χ0n) is 22.9. The van der Waals surface area contributed by atoms with E-state index in [9.17, 15) is 4.79 Å². The van der Waals surface area contributed by atoms with Crippen LogP contribution in [0.1, 0.15) is 71.5 Å². The van der Waals surface area contributed by atoms with Crippen LogP contribution in [0, 0.1) is 12.8 Å². The van der Waals surface area contributed by atoms with E-state index in [0.29, 0.717) is 23.9 Å². The summed E-state index contributed by atoms with van der Waals surface area (Å²) in [5, 5.41) is 3.37. The van der Waals surface area contributed by atoms with E-state index in [1.807, 2.05) is 31.2 Å². The van der Waals surface area contributed by atoms with E-state index < -0.39 is 0 Å². The van der Waals surface area contributed by atoms with Crippen LogP contribution in [0.4, 0.5) is 0 Å². The van der Waals surface area contributed by atoms with Gasteiger partial charge in [0, 0.05) is 12.1 Å². The molecule has 1 aliphatic carbocycles. The molecule has 196 valence electrons. The fourth-order valence-electron chi connectivity index (χ4n) is 5.44. The Balaban J connectivity index is 1.25. The van der Waals surface area contributed by atoms with E-state index in [1.54, 1.807) is 0 Å².